The molecular formula is C20H25N3O2. The Kier molecular flexibility index (Phi) is 4.06. The molecule has 3 rings (SSSR count). The van der Waals surface area contributed by atoms with Gasteiger partial charge in [-0.25, -0.2) is 4.98 Å². The smallest absolute Gasteiger partial charge is 0.270 e. The monoisotopic (exact) mass is 339 g/mol. The number of aromatic amines is 1. The number of carbonyl (C=O) groups is 1. The number of nitrogens with one attached hydrogen (secondary N) is 2. The van der Waals surface area contributed by atoms with E-state index in [4.69, 9.17) is 0 Å². The van der Waals surface area contributed by atoms with Crippen LogP contribution in [0.2, 0.25) is 0 Å². The third-order valence-corrected chi connectivity index (χ3v) is 5.00. The van der Waals surface area contributed by atoms with E-state index in [0.29, 0.717) is 11.7 Å². The predicted molar refractivity (Wildman–Crippen MR) is 97.7 cm³/mol. The molecule has 2 N–H and O–H groups in total. The van der Waals surface area contributed by atoms with Crippen LogP contribution in [0.1, 0.15) is 61.6 Å². The first kappa shape index (κ1) is 17.4. The summed E-state index contributed by atoms with van der Waals surface area (Å²) in [6.45, 7) is 10.3. The topological polar surface area (TPSA) is 74.8 Å². The fourth-order valence-corrected chi connectivity index (χ4v) is 3.30. The van der Waals surface area contributed by atoms with Crippen molar-refractivity contribution in [2.45, 2.75) is 52.0 Å². The van der Waals surface area contributed by atoms with Gasteiger partial charge in [0.05, 0.1) is 5.54 Å². The van der Waals surface area contributed by atoms with Gasteiger partial charge in [-0.3, -0.25) is 9.59 Å². The first-order valence-electron chi connectivity index (χ1n) is 8.63. The molecule has 0 bridgehead atoms. The van der Waals surface area contributed by atoms with E-state index in [1.807, 2.05) is 0 Å². The van der Waals surface area contributed by atoms with Gasteiger partial charge in [0.1, 0.15) is 11.5 Å². The minimum atomic E-state index is -0.369. The van der Waals surface area contributed by atoms with Crippen LogP contribution in [0.3, 0.4) is 0 Å². The standard InChI is InChI=1S/C20H25N3O2/c1-12-11-20(12,15-8-6-14(7-9-15)19(3,4)5)23-18(25)16-10-17(24)22-13(2)21-16/h6-10,12H,11H2,1-5H3,(H,23,25)(H,21,22,24). The van der Waals surface area contributed by atoms with Crippen LogP contribution in [0.4, 0.5) is 0 Å². The van der Waals surface area contributed by atoms with Crippen LogP contribution in [0.15, 0.2) is 35.1 Å². The maximum Gasteiger partial charge on any atom is 0.270 e. The minimum absolute atomic E-state index is 0.0939. The van der Waals surface area contributed by atoms with Gasteiger partial charge in [0.25, 0.3) is 11.5 Å². The first-order chi connectivity index (χ1) is 11.6. The van der Waals surface area contributed by atoms with Gasteiger partial charge in [-0.2, -0.15) is 0 Å². The number of H-pyrrole nitrogens is 1. The Morgan fingerprint density at radius 2 is 1.88 bits per heavy atom. The summed E-state index contributed by atoms with van der Waals surface area (Å²) in [6.07, 6.45) is 0.885. The fraction of sp³-hybridized carbons (Fsp3) is 0.450. The van der Waals surface area contributed by atoms with Crippen LogP contribution >= 0.6 is 0 Å². The van der Waals surface area contributed by atoms with Crippen LogP contribution in [0.5, 0.6) is 0 Å². The van der Waals surface area contributed by atoms with Crippen LogP contribution in [0, 0.1) is 12.8 Å². The van der Waals surface area contributed by atoms with Crippen molar-refractivity contribution in [3.63, 3.8) is 0 Å². The Labute approximate surface area is 147 Å². The summed E-state index contributed by atoms with van der Waals surface area (Å²) in [5.41, 5.74) is 1.93. The molecule has 1 amide bonds. The fourth-order valence-electron chi connectivity index (χ4n) is 3.30. The molecule has 2 atom stereocenters. The minimum Gasteiger partial charge on any atom is -0.341 e. The normalized spacial score (nSPS) is 22.5. The lowest BCUT2D eigenvalue weighted by atomic mass is 9.86. The highest BCUT2D eigenvalue weighted by atomic mass is 16.2. The summed E-state index contributed by atoms with van der Waals surface area (Å²) >= 11 is 0. The zero-order chi connectivity index (χ0) is 18.4. The van der Waals surface area contributed by atoms with E-state index in [-0.39, 0.29) is 28.1 Å². The summed E-state index contributed by atoms with van der Waals surface area (Å²) in [6, 6.07) is 9.70. The van der Waals surface area contributed by atoms with E-state index in [0.717, 1.165) is 12.0 Å². The van der Waals surface area contributed by atoms with Gasteiger partial charge < -0.3 is 10.3 Å². The predicted octanol–water partition coefficient (Wildman–Crippen LogP) is 3.04. The number of aromatic nitrogens is 2. The highest BCUT2D eigenvalue weighted by molar-refractivity contribution is 5.93. The molecule has 25 heavy (non-hydrogen) atoms. The molecule has 5 heteroatoms. The van der Waals surface area contributed by atoms with Crippen molar-refractivity contribution in [1.82, 2.24) is 15.3 Å². The second-order valence-electron chi connectivity index (χ2n) is 8.07. The third kappa shape index (κ3) is 3.36. The molecule has 132 valence electrons. The third-order valence-electron chi connectivity index (χ3n) is 5.00. The SMILES string of the molecule is Cc1nc(C(=O)NC2(c3ccc(C(C)(C)C)cc3)CC2C)cc(=O)[nH]1. The molecule has 1 aliphatic rings. The Bertz CT molecular complexity index is 862. The van der Waals surface area contributed by atoms with E-state index >= 15 is 0 Å². The zero-order valence-electron chi connectivity index (χ0n) is 15.4. The maximum atomic E-state index is 12.6. The van der Waals surface area contributed by atoms with Crippen molar-refractivity contribution in [2.75, 3.05) is 0 Å². The van der Waals surface area contributed by atoms with E-state index in [1.165, 1.54) is 11.6 Å². The molecule has 1 fully saturated rings. The summed E-state index contributed by atoms with van der Waals surface area (Å²) in [5.74, 6) is 0.476. The number of rotatable bonds is 3. The Morgan fingerprint density at radius 3 is 2.36 bits per heavy atom. The summed E-state index contributed by atoms with van der Waals surface area (Å²) in [7, 11) is 0. The molecule has 1 aliphatic carbocycles. The van der Waals surface area contributed by atoms with Crippen LogP contribution < -0.4 is 10.9 Å². The second kappa shape index (κ2) is 5.83. The van der Waals surface area contributed by atoms with Crippen molar-refractivity contribution in [2.24, 2.45) is 5.92 Å². The highest BCUT2D eigenvalue weighted by Crippen LogP contribution is 2.51. The molecule has 5 nitrogen and oxygen atoms in total. The van der Waals surface area contributed by atoms with Crippen LogP contribution in [0.25, 0.3) is 0 Å². The lowest BCUT2D eigenvalue weighted by molar-refractivity contribution is 0.0921. The van der Waals surface area contributed by atoms with E-state index in [2.05, 4.69) is 67.2 Å². The molecule has 1 saturated carbocycles. The van der Waals surface area contributed by atoms with Crippen molar-refractivity contribution < 1.29 is 4.79 Å². The van der Waals surface area contributed by atoms with Gasteiger partial charge in [-0.05, 0) is 35.8 Å². The largest absolute Gasteiger partial charge is 0.341 e. The quantitative estimate of drug-likeness (QED) is 0.902. The molecule has 2 aromatic rings. The summed E-state index contributed by atoms with van der Waals surface area (Å²) in [5, 5.41) is 3.11. The van der Waals surface area contributed by atoms with Crippen molar-refractivity contribution in [3.8, 4) is 0 Å². The van der Waals surface area contributed by atoms with E-state index < -0.39 is 0 Å². The van der Waals surface area contributed by atoms with Crippen LogP contribution in [-0.4, -0.2) is 15.9 Å². The Hall–Kier alpha value is -2.43. The summed E-state index contributed by atoms with van der Waals surface area (Å²) in [4.78, 5) is 30.9. The first-order valence-corrected chi connectivity index (χ1v) is 8.63. The van der Waals surface area contributed by atoms with Gasteiger partial charge in [-0.15, -0.1) is 0 Å². The number of hydrogen-bond acceptors (Lipinski definition) is 3. The molecular weight excluding hydrogens is 314 g/mol. The molecule has 0 spiro atoms. The number of aryl methyl sites for hydroxylation is 1. The number of benzene rings is 1. The molecule has 1 aromatic carbocycles. The summed E-state index contributed by atoms with van der Waals surface area (Å²) < 4.78 is 0. The van der Waals surface area contributed by atoms with E-state index in [1.54, 1.807) is 6.92 Å². The van der Waals surface area contributed by atoms with Gasteiger partial charge in [0.2, 0.25) is 0 Å². The highest BCUT2D eigenvalue weighted by Gasteiger charge is 2.53. The average molecular weight is 339 g/mol. The Morgan fingerprint density at radius 1 is 1.28 bits per heavy atom. The second-order valence-corrected chi connectivity index (χ2v) is 8.07. The lowest BCUT2D eigenvalue weighted by Gasteiger charge is -2.23. The van der Waals surface area contributed by atoms with Crippen molar-refractivity contribution >= 4 is 5.91 Å². The van der Waals surface area contributed by atoms with Gasteiger partial charge in [0.15, 0.2) is 0 Å². The zero-order valence-corrected chi connectivity index (χ0v) is 15.4. The number of carbonyl (C=O) groups excluding carboxylic acids is 1. The molecule has 0 saturated heterocycles. The van der Waals surface area contributed by atoms with E-state index in [9.17, 15) is 9.59 Å². The Balaban J connectivity index is 1.87. The molecule has 0 aliphatic heterocycles. The van der Waals surface area contributed by atoms with Crippen molar-refractivity contribution in [1.29, 1.82) is 0 Å². The number of amides is 1. The molecule has 0 radical (unpaired) electrons. The number of nitrogens with zero attached hydrogens (tertiary/aromatic N) is 1. The van der Waals surface area contributed by atoms with Crippen LogP contribution in [-0.2, 0) is 11.0 Å². The van der Waals surface area contributed by atoms with Gasteiger partial charge >= 0.3 is 0 Å². The van der Waals surface area contributed by atoms with Gasteiger partial charge in [0, 0.05) is 6.07 Å². The molecule has 2 unspecified atom stereocenters. The maximum absolute atomic E-state index is 12.6. The van der Waals surface area contributed by atoms with Crippen molar-refractivity contribution in [3.05, 3.63) is 63.3 Å². The van der Waals surface area contributed by atoms with Gasteiger partial charge in [-0.1, -0.05) is 52.0 Å². The molecule has 1 heterocycles. The lowest BCUT2D eigenvalue weighted by Crippen LogP contribution is -2.37. The number of hydrogen-bond donors (Lipinski definition) is 2. The molecule has 1 aromatic heterocycles. The average Bonchev–Trinajstić information content (AvgIpc) is 3.16.